The van der Waals surface area contributed by atoms with E-state index in [0.717, 1.165) is 24.9 Å². The predicted molar refractivity (Wildman–Crippen MR) is 101 cm³/mol. The number of sulfonamides is 1. The van der Waals surface area contributed by atoms with Crippen molar-refractivity contribution in [3.63, 3.8) is 0 Å². The monoisotopic (exact) mass is 372 g/mol. The molecule has 3 rings (SSSR count). The summed E-state index contributed by atoms with van der Waals surface area (Å²) in [6.07, 6.45) is 3.08. The highest BCUT2D eigenvalue weighted by Crippen LogP contribution is 2.32. The molecular formula is C20H24N2O3S. The van der Waals surface area contributed by atoms with Gasteiger partial charge in [0.15, 0.2) is 0 Å². The molecule has 1 atom stereocenters. The van der Waals surface area contributed by atoms with Crippen molar-refractivity contribution >= 4 is 15.9 Å². The average molecular weight is 372 g/mol. The maximum absolute atomic E-state index is 12.7. The number of rotatable bonds is 6. The van der Waals surface area contributed by atoms with Crippen LogP contribution in [-0.2, 0) is 21.2 Å². The first kappa shape index (κ1) is 18.6. The van der Waals surface area contributed by atoms with Gasteiger partial charge in [-0.05, 0) is 49.6 Å². The molecule has 0 spiro atoms. The van der Waals surface area contributed by atoms with Crippen LogP contribution in [0.25, 0.3) is 0 Å². The van der Waals surface area contributed by atoms with Gasteiger partial charge in [0, 0.05) is 13.0 Å². The predicted octanol–water partition coefficient (Wildman–Crippen LogP) is 2.89. The lowest BCUT2D eigenvalue weighted by Crippen LogP contribution is -2.30. The maximum atomic E-state index is 12.7. The third-order valence-corrected chi connectivity index (χ3v) is 6.32. The van der Waals surface area contributed by atoms with Gasteiger partial charge in [-0.25, -0.2) is 13.1 Å². The molecule has 0 bridgehead atoms. The molecule has 6 heteroatoms. The molecular weight excluding hydrogens is 348 g/mol. The molecule has 1 aliphatic heterocycles. The van der Waals surface area contributed by atoms with Gasteiger partial charge in [-0.3, -0.25) is 4.79 Å². The summed E-state index contributed by atoms with van der Waals surface area (Å²) in [5.74, 6) is 0.156. The number of amides is 1. The van der Waals surface area contributed by atoms with Gasteiger partial charge < -0.3 is 4.90 Å². The molecule has 138 valence electrons. The van der Waals surface area contributed by atoms with Gasteiger partial charge in [-0.1, -0.05) is 42.5 Å². The summed E-state index contributed by atoms with van der Waals surface area (Å²) >= 11 is 0. The normalized spacial score (nSPS) is 17.4. The number of benzene rings is 2. The summed E-state index contributed by atoms with van der Waals surface area (Å²) < 4.78 is 25.8. The smallest absolute Gasteiger partial charge is 0.240 e. The van der Waals surface area contributed by atoms with E-state index in [1.807, 2.05) is 23.1 Å². The highest BCUT2D eigenvalue weighted by molar-refractivity contribution is 7.89. The Morgan fingerprint density at radius 1 is 1.12 bits per heavy atom. The summed E-state index contributed by atoms with van der Waals surface area (Å²) in [7, 11) is -2.03. The lowest BCUT2D eigenvalue weighted by atomic mass is 10.0. The van der Waals surface area contributed by atoms with Crippen LogP contribution < -0.4 is 4.72 Å². The van der Waals surface area contributed by atoms with Crippen LogP contribution in [0.3, 0.4) is 0 Å². The number of nitrogens with one attached hydrogen (secondary N) is 1. The molecule has 1 N–H and O–H groups in total. The van der Waals surface area contributed by atoms with Gasteiger partial charge in [0.05, 0.1) is 10.9 Å². The largest absolute Gasteiger partial charge is 0.336 e. The zero-order valence-electron chi connectivity index (χ0n) is 14.9. The zero-order chi connectivity index (χ0) is 18.6. The number of hydrogen-bond donors (Lipinski definition) is 1. The van der Waals surface area contributed by atoms with Crippen LogP contribution >= 0.6 is 0 Å². The van der Waals surface area contributed by atoms with E-state index >= 15 is 0 Å². The van der Waals surface area contributed by atoms with Crippen LogP contribution in [-0.4, -0.2) is 32.8 Å². The second-order valence-corrected chi connectivity index (χ2v) is 8.39. The number of nitrogens with zero attached hydrogens (tertiary/aromatic N) is 1. The lowest BCUT2D eigenvalue weighted by molar-refractivity contribution is -0.132. The summed E-state index contributed by atoms with van der Waals surface area (Å²) in [5, 5.41) is 0. The van der Waals surface area contributed by atoms with Gasteiger partial charge in [0.2, 0.25) is 15.9 Å². The van der Waals surface area contributed by atoms with Crippen molar-refractivity contribution in [3.8, 4) is 0 Å². The number of aryl methyl sites for hydroxylation is 1. The minimum absolute atomic E-state index is 0.156. The quantitative estimate of drug-likeness (QED) is 0.848. The number of likely N-dealkylation sites (tertiary alicyclic amines) is 1. The van der Waals surface area contributed by atoms with E-state index in [-0.39, 0.29) is 16.8 Å². The standard InChI is InChI=1S/C20H24N2O3S/c1-21-26(24,25)18-12-9-16(10-13-18)11-14-20(23)22-15-5-8-19(22)17-6-3-2-4-7-17/h2-4,6-7,9-10,12-13,19,21H,5,8,11,14-15H2,1H3. The van der Waals surface area contributed by atoms with Crippen LogP contribution in [0, 0.1) is 0 Å². The molecule has 0 aliphatic carbocycles. The van der Waals surface area contributed by atoms with E-state index in [0.29, 0.717) is 12.8 Å². The molecule has 1 aliphatic rings. The summed E-state index contributed by atoms with van der Waals surface area (Å²) in [5.41, 5.74) is 2.16. The average Bonchev–Trinajstić information content (AvgIpc) is 3.17. The van der Waals surface area contributed by atoms with E-state index in [1.54, 1.807) is 24.3 Å². The van der Waals surface area contributed by atoms with Crippen molar-refractivity contribution in [1.29, 1.82) is 0 Å². The van der Waals surface area contributed by atoms with Crippen LogP contribution in [0.2, 0.25) is 0 Å². The fraction of sp³-hybridized carbons (Fsp3) is 0.350. The second-order valence-electron chi connectivity index (χ2n) is 6.51. The third-order valence-electron chi connectivity index (χ3n) is 4.89. The van der Waals surface area contributed by atoms with Gasteiger partial charge in [-0.2, -0.15) is 0 Å². The van der Waals surface area contributed by atoms with Crippen molar-refractivity contribution in [1.82, 2.24) is 9.62 Å². The van der Waals surface area contributed by atoms with Gasteiger partial charge >= 0.3 is 0 Å². The molecule has 2 aromatic rings. The van der Waals surface area contributed by atoms with E-state index in [1.165, 1.54) is 12.6 Å². The summed E-state index contributed by atoms with van der Waals surface area (Å²) in [4.78, 5) is 14.9. The SMILES string of the molecule is CNS(=O)(=O)c1ccc(CCC(=O)N2CCCC2c2ccccc2)cc1. The number of carbonyl (C=O) groups is 1. The molecule has 2 aromatic carbocycles. The fourth-order valence-corrected chi connectivity index (χ4v) is 4.17. The maximum Gasteiger partial charge on any atom is 0.240 e. The summed E-state index contributed by atoms with van der Waals surface area (Å²) in [6, 6.07) is 17.0. The molecule has 1 saturated heterocycles. The van der Waals surface area contributed by atoms with Crippen molar-refractivity contribution in [3.05, 3.63) is 65.7 Å². The Hall–Kier alpha value is -2.18. The highest BCUT2D eigenvalue weighted by atomic mass is 32.2. The van der Waals surface area contributed by atoms with Crippen molar-refractivity contribution in [2.24, 2.45) is 0 Å². The minimum atomic E-state index is -3.42. The van der Waals surface area contributed by atoms with E-state index < -0.39 is 10.0 Å². The summed E-state index contributed by atoms with van der Waals surface area (Å²) in [6.45, 7) is 0.803. The first-order valence-corrected chi connectivity index (χ1v) is 10.4. The molecule has 0 radical (unpaired) electrons. The zero-order valence-corrected chi connectivity index (χ0v) is 15.7. The van der Waals surface area contributed by atoms with Crippen LogP contribution in [0.15, 0.2) is 59.5 Å². The first-order valence-electron chi connectivity index (χ1n) is 8.88. The molecule has 1 heterocycles. The molecule has 0 saturated carbocycles. The highest BCUT2D eigenvalue weighted by Gasteiger charge is 2.29. The third kappa shape index (κ3) is 4.14. The molecule has 1 unspecified atom stereocenters. The first-order chi connectivity index (χ1) is 12.5. The van der Waals surface area contributed by atoms with Gasteiger partial charge in [-0.15, -0.1) is 0 Å². The van der Waals surface area contributed by atoms with Crippen molar-refractivity contribution in [2.45, 2.75) is 36.6 Å². The molecule has 5 nitrogen and oxygen atoms in total. The van der Waals surface area contributed by atoms with E-state index in [2.05, 4.69) is 16.9 Å². The Bertz CT molecular complexity index is 848. The number of hydrogen-bond acceptors (Lipinski definition) is 3. The van der Waals surface area contributed by atoms with Crippen LogP contribution in [0.1, 0.15) is 36.4 Å². The van der Waals surface area contributed by atoms with Crippen molar-refractivity contribution in [2.75, 3.05) is 13.6 Å². The Balaban J connectivity index is 1.62. The van der Waals surface area contributed by atoms with Gasteiger partial charge in [0.1, 0.15) is 0 Å². The van der Waals surface area contributed by atoms with E-state index in [9.17, 15) is 13.2 Å². The topological polar surface area (TPSA) is 66.5 Å². The Morgan fingerprint density at radius 2 is 1.81 bits per heavy atom. The Morgan fingerprint density at radius 3 is 2.46 bits per heavy atom. The molecule has 26 heavy (non-hydrogen) atoms. The molecule has 1 fully saturated rings. The lowest BCUT2D eigenvalue weighted by Gasteiger charge is -2.25. The molecule has 0 aromatic heterocycles. The fourth-order valence-electron chi connectivity index (χ4n) is 3.43. The Kier molecular flexibility index (Phi) is 5.74. The Labute approximate surface area is 155 Å². The second kappa shape index (κ2) is 8.01. The molecule has 1 amide bonds. The van der Waals surface area contributed by atoms with Crippen LogP contribution in [0.4, 0.5) is 0 Å². The van der Waals surface area contributed by atoms with Gasteiger partial charge in [0.25, 0.3) is 0 Å². The van der Waals surface area contributed by atoms with Crippen LogP contribution in [0.5, 0.6) is 0 Å². The van der Waals surface area contributed by atoms with Crippen molar-refractivity contribution < 1.29 is 13.2 Å². The number of carbonyl (C=O) groups excluding carboxylic acids is 1. The minimum Gasteiger partial charge on any atom is -0.336 e. The van der Waals surface area contributed by atoms with E-state index in [4.69, 9.17) is 0 Å².